The third kappa shape index (κ3) is 6.23. The Labute approximate surface area is 177 Å². The van der Waals surface area contributed by atoms with Gasteiger partial charge in [0.2, 0.25) is 5.91 Å². The number of carbonyl (C=O) groups excluding carboxylic acids is 1. The molecule has 0 spiro atoms. The maximum Gasteiger partial charge on any atom is 0.230 e. The molecule has 29 heavy (non-hydrogen) atoms. The van der Waals surface area contributed by atoms with Crippen LogP contribution >= 0.6 is 11.8 Å². The molecule has 1 saturated carbocycles. The minimum atomic E-state index is -0.233. The van der Waals surface area contributed by atoms with Gasteiger partial charge in [0.15, 0.2) is 17.1 Å². The van der Waals surface area contributed by atoms with Crippen molar-refractivity contribution in [3.63, 3.8) is 0 Å². The molecule has 7 heteroatoms. The second kappa shape index (κ2) is 10.1. The number of nitrogens with one attached hydrogen (secondary N) is 1. The first-order valence-corrected chi connectivity index (χ1v) is 11.5. The lowest BCUT2D eigenvalue weighted by molar-refractivity contribution is -0.119. The van der Waals surface area contributed by atoms with Crippen molar-refractivity contribution in [2.45, 2.75) is 76.6 Å². The molecule has 0 aliphatic heterocycles. The van der Waals surface area contributed by atoms with Crippen molar-refractivity contribution in [2.75, 3.05) is 5.75 Å². The number of rotatable bonds is 7. The maximum absolute atomic E-state index is 12.3. The largest absolute Gasteiger partial charge is 0.483 e. The molecule has 1 amide bonds. The van der Waals surface area contributed by atoms with E-state index in [1.807, 2.05) is 30.7 Å². The summed E-state index contributed by atoms with van der Waals surface area (Å²) in [5.41, 5.74) is 2.34. The quantitative estimate of drug-likeness (QED) is 0.531. The van der Waals surface area contributed by atoms with Crippen LogP contribution in [0.3, 0.4) is 0 Å². The first-order chi connectivity index (χ1) is 13.9. The van der Waals surface area contributed by atoms with Crippen molar-refractivity contribution in [2.24, 2.45) is 7.05 Å². The number of aromatic nitrogens is 3. The molecule has 1 unspecified atom stereocenters. The Hall–Kier alpha value is -2.02. The Balaban J connectivity index is 1.54. The number of aryl methyl sites for hydroxylation is 2. The van der Waals surface area contributed by atoms with Crippen LogP contribution in [-0.2, 0) is 11.8 Å². The number of hydrogen-bond donors (Lipinski definition) is 1. The number of nitrogens with zero attached hydrogens (tertiary/aromatic N) is 3. The van der Waals surface area contributed by atoms with E-state index in [0.717, 1.165) is 29.6 Å². The highest BCUT2D eigenvalue weighted by Crippen LogP contribution is 2.25. The molecule has 1 aromatic heterocycles. The van der Waals surface area contributed by atoms with Gasteiger partial charge in [-0.3, -0.25) is 4.79 Å². The van der Waals surface area contributed by atoms with Gasteiger partial charge in [-0.1, -0.05) is 43.5 Å². The molecular weight excluding hydrogens is 384 g/mol. The predicted octanol–water partition coefficient (Wildman–Crippen LogP) is 4.50. The Morgan fingerprint density at radius 3 is 2.48 bits per heavy atom. The lowest BCUT2D eigenvalue weighted by atomic mass is 10.1. The van der Waals surface area contributed by atoms with Gasteiger partial charge in [0.25, 0.3) is 0 Å². The second-order valence-electron chi connectivity index (χ2n) is 8.03. The van der Waals surface area contributed by atoms with Crippen molar-refractivity contribution in [1.29, 1.82) is 0 Å². The van der Waals surface area contributed by atoms with Crippen LogP contribution in [0.5, 0.6) is 5.75 Å². The van der Waals surface area contributed by atoms with Crippen LogP contribution in [0.4, 0.5) is 0 Å². The molecule has 1 N–H and O–H groups in total. The van der Waals surface area contributed by atoms with Crippen molar-refractivity contribution in [1.82, 2.24) is 20.1 Å². The number of hydrogen-bond acceptors (Lipinski definition) is 5. The van der Waals surface area contributed by atoms with E-state index in [-0.39, 0.29) is 12.0 Å². The lowest BCUT2D eigenvalue weighted by Gasteiger charge is -2.16. The molecule has 158 valence electrons. The van der Waals surface area contributed by atoms with Crippen LogP contribution in [0.2, 0.25) is 0 Å². The fourth-order valence-electron chi connectivity index (χ4n) is 3.89. The van der Waals surface area contributed by atoms with Gasteiger partial charge in [-0.15, -0.1) is 10.2 Å². The minimum absolute atomic E-state index is 0.0750. The van der Waals surface area contributed by atoms with E-state index in [1.54, 1.807) is 0 Å². The van der Waals surface area contributed by atoms with Gasteiger partial charge in [0.1, 0.15) is 5.75 Å². The zero-order valence-electron chi connectivity index (χ0n) is 17.9. The molecule has 1 atom stereocenters. The number of benzene rings is 1. The van der Waals surface area contributed by atoms with E-state index in [2.05, 4.69) is 35.4 Å². The van der Waals surface area contributed by atoms with Gasteiger partial charge >= 0.3 is 0 Å². The summed E-state index contributed by atoms with van der Waals surface area (Å²) in [7, 11) is 1.92. The van der Waals surface area contributed by atoms with Gasteiger partial charge in [0.05, 0.1) is 5.75 Å². The fourth-order valence-corrected chi connectivity index (χ4v) is 4.62. The Morgan fingerprint density at radius 1 is 1.17 bits per heavy atom. The zero-order chi connectivity index (χ0) is 20.8. The van der Waals surface area contributed by atoms with Crippen LogP contribution in [-0.4, -0.2) is 32.5 Å². The smallest absolute Gasteiger partial charge is 0.230 e. The van der Waals surface area contributed by atoms with Gasteiger partial charge in [0, 0.05) is 13.1 Å². The summed E-state index contributed by atoms with van der Waals surface area (Å²) in [5, 5.41) is 12.5. The third-order valence-electron chi connectivity index (χ3n) is 5.29. The maximum atomic E-state index is 12.3. The first-order valence-electron chi connectivity index (χ1n) is 10.5. The van der Waals surface area contributed by atoms with Crippen LogP contribution in [0.15, 0.2) is 23.4 Å². The highest BCUT2D eigenvalue weighted by molar-refractivity contribution is 7.99. The van der Waals surface area contributed by atoms with Crippen molar-refractivity contribution in [3.8, 4) is 5.75 Å². The summed E-state index contributed by atoms with van der Waals surface area (Å²) < 4.78 is 8.00. The molecule has 0 radical (unpaired) electrons. The van der Waals surface area contributed by atoms with Gasteiger partial charge in [-0.2, -0.15) is 0 Å². The average molecular weight is 417 g/mol. The highest BCUT2D eigenvalue weighted by Gasteiger charge is 2.19. The Bertz CT molecular complexity index is 808. The van der Waals surface area contributed by atoms with Crippen molar-refractivity contribution < 1.29 is 9.53 Å². The zero-order valence-corrected chi connectivity index (χ0v) is 18.7. The predicted molar refractivity (Wildman–Crippen MR) is 116 cm³/mol. The molecule has 3 rings (SSSR count). The standard InChI is InChI=1S/C22H32N4O2S/c1-15-11-16(2)13-19(12-15)28-17(3)21-24-25-22(26(21)4)29-14-20(27)23-18-9-7-5-6-8-10-18/h11-13,17-18H,5-10,14H2,1-4H3,(H,23,27). The highest BCUT2D eigenvalue weighted by atomic mass is 32.2. The van der Waals surface area contributed by atoms with Gasteiger partial charge in [-0.25, -0.2) is 0 Å². The Morgan fingerprint density at radius 2 is 1.83 bits per heavy atom. The normalized spacial score (nSPS) is 16.3. The SMILES string of the molecule is Cc1cc(C)cc(OC(C)c2nnc(SCC(=O)NC3CCCCCC3)n2C)c1. The number of thioether (sulfide) groups is 1. The molecule has 0 saturated heterocycles. The summed E-state index contributed by atoms with van der Waals surface area (Å²) in [4.78, 5) is 12.3. The summed E-state index contributed by atoms with van der Waals surface area (Å²) >= 11 is 1.42. The van der Waals surface area contributed by atoms with E-state index < -0.39 is 0 Å². The molecule has 1 aliphatic carbocycles. The topological polar surface area (TPSA) is 69.0 Å². The molecule has 2 aromatic rings. The molecular formula is C22H32N4O2S. The molecule has 1 aliphatic rings. The van der Waals surface area contributed by atoms with Crippen LogP contribution in [0.25, 0.3) is 0 Å². The van der Waals surface area contributed by atoms with Crippen LogP contribution < -0.4 is 10.1 Å². The van der Waals surface area contributed by atoms with Crippen molar-refractivity contribution in [3.05, 3.63) is 35.2 Å². The van der Waals surface area contributed by atoms with Crippen molar-refractivity contribution >= 4 is 17.7 Å². The van der Waals surface area contributed by atoms with E-state index in [1.165, 1.54) is 48.6 Å². The van der Waals surface area contributed by atoms with E-state index in [9.17, 15) is 4.79 Å². The molecule has 1 fully saturated rings. The average Bonchev–Trinajstić information content (AvgIpc) is 2.84. The van der Waals surface area contributed by atoms with Gasteiger partial charge in [-0.05, 0) is 56.9 Å². The first kappa shape index (κ1) is 21.7. The summed E-state index contributed by atoms with van der Waals surface area (Å²) in [6.07, 6.45) is 6.95. The summed E-state index contributed by atoms with van der Waals surface area (Å²) in [5.74, 6) is 2.01. The summed E-state index contributed by atoms with van der Waals surface area (Å²) in [6.45, 7) is 6.08. The second-order valence-corrected chi connectivity index (χ2v) is 8.97. The minimum Gasteiger partial charge on any atom is -0.483 e. The third-order valence-corrected chi connectivity index (χ3v) is 6.31. The van der Waals surface area contributed by atoms with E-state index >= 15 is 0 Å². The number of amides is 1. The lowest BCUT2D eigenvalue weighted by Crippen LogP contribution is -2.35. The summed E-state index contributed by atoms with van der Waals surface area (Å²) in [6, 6.07) is 6.49. The number of ether oxygens (including phenoxy) is 1. The Kier molecular flexibility index (Phi) is 7.58. The fraction of sp³-hybridized carbons (Fsp3) is 0.591. The molecule has 0 bridgehead atoms. The number of carbonyl (C=O) groups is 1. The van der Waals surface area contributed by atoms with Crippen LogP contribution in [0, 0.1) is 13.8 Å². The monoisotopic (exact) mass is 416 g/mol. The van der Waals surface area contributed by atoms with E-state index in [4.69, 9.17) is 4.74 Å². The van der Waals surface area contributed by atoms with Gasteiger partial charge < -0.3 is 14.6 Å². The van der Waals surface area contributed by atoms with E-state index in [0.29, 0.717) is 11.8 Å². The molecule has 1 heterocycles. The van der Waals surface area contributed by atoms with Crippen LogP contribution in [0.1, 0.15) is 68.5 Å². The molecule has 1 aromatic carbocycles. The molecule has 6 nitrogen and oxygen atoms in total.